The van der Waals surface area contributed by atoms with Crippen LogP contribution in [-0.2, 0) is 5.41 Å². The Bertz CT molecular complexity index is 4640. The zero-order chi connectivity index (χ0) is 60.5. The van der Waals surface area contributed by atoms with Gasteiger partial charge in [0.2, 0.25) is 0 Å². The fraction of sp³-hybridized carbons (Fsp3) is 0.0120. The van der Waals surface area contributed by atoms with E-state index in [-0.39, 0.29) is 23.3 Å². The van der Waals surface area contributed by atoms with Crippen LogP contribution < -0.4 is 10.6 Å². The predicted octanol–water partition coefficient (Wildman–Crippen LogP) is 16.9. The number of hydrogen-bond acceptors (Lipinski definition) is 4. The van der Waals surface area contributed by atoms with Gasteiger partial charge in [0.25, 0.3) is 11.8 Å². The lowest BCUT2D eigenvalue weighted by atomic mass is 9.67. The van der Waals surface area contributed by atoms with E-state index in [9.17, 15) is 19.8 Å². The largest absolute Gasteiger partial charge is 0.507 e. The van der Waals surface area contributed by atoms with Crippen molar-refractivity contribution < 1.29 is 19.8 Å². The van der Waals surface area contributed by atoms with Crippen molar-refractivity contribution in [2.75, 3.05) is 10.6 Å². The molecule has 0 aromatic heterocycles. The van der Waals surface area contributed by atoms with Gasteiger partial charge in [0.15, 0.2) is 0 Å². The minimum absolute atomic E-state index is 0.0122. The van der Waals surface area contributed by atoms with E-state index in [1.54, 1.807) is 24.3 Å². The number of amides is 2. The predicted molar refractivity (Wildman–Crippen MR) is 356 cm³/mol. The molecule has 0 saturated carbocycles. The number of aromatic hydroxyl groups is 2. The molecule has 0 saturated heterocycles. The highest BCUT2D eigenvalue weighted by atomic mass is 16.3. The minimum atomic E-state index is -0.721. The average molecular weight is 1140 g/mol. The van der Waals surface area contributed by atoms with Crippen LogP contribution in [0.15, 0.2) is 291 Å². The summed E-state index contributed by atoms with van der Waals surface area (Å²) in [4.78, 5) is 27.8. The second-order valence-electron chi connectivity index (χ2n) is 21.4. The summed E-state index contributed by atoms with van der Waals surface area (Å²) in [5.41, 5.74) is 17.0. The van der Waals surface area contributed by atoms with E-state index in [1.807, 2.05) is 158 Å². The molecule has 89 heavy (non-hydrogen) atoms. The van der Waals surface area contributed by atoms with Gasteiger partial charge in [0.1, 0.15) is 11.5 Å². The molecular formula is C83H52N2O4. The first-order chi connectivity index (χ1) is 43.7. The first kappa shape index (κ1) is 55.6. The van der Waals surface area contributed by atoms with E-state index in [1.165, 1.54) is 23.3 Å². The first-order valence-corrected chi connectivity index (χ1v) is 29.0. The Labute approximate surface area is 517 Å². The molecule has 0 bridgehead atoms. The summed E-state index contributed by atoms with van der Waals surface area (Å²) in [5, 5.41) is 27.5. The van der Waals surface area contributed by atoms with Gasteiger partial charge in [-0.05, 0) is 165 Å². The van der Waals surface area contributed by atoms with Gasteiger partial charge in [0, 0.05) is 55.9 Å². The maximum absolute atomic E-state index is 13.9. The highest BCUT2D eigenvalue weighted by molar-refractivity contribution is 6.06. The number of carbonyl (C=O) groups excluding carboxylic acids is 2. The molecule has 1 aliphatic carbocycles. The fourth-order valence-corrected chi connectivity index (χ4v) is 11.4. The van der Waals surface area contributed by atoms with Gasteiger partial charge < -0.3 is 20.8 Å². The molecule has 418 valence electrons. The van der Waals surface area contributed by atoms with Crippen LogP contribution in [0.1, 0.15) is 87.5 Å². The molecule has 0 fully saturated rings. The third-order valence-corrected chi connectivity index (χ3v) is 15.7. The number of phenols is 2. The molecule has 0 unspecified atom stereocenters. The SMILES string of the molecule is O=C(Nc1ccc(-c2ccc(C3(c4ccc(-c5ccc(NC(=O)c6ccc(O)c(C#Cc7ccccc7)c6)cc5C#Cc5ccccc5)cc4)c4ccccc4-c4ccccc43)cc2)c(C#Cc2ccccc2)c1)c1ccc(O)c(C#Cc2ccccc2)c1. The summed E-state index contributed by atoms with van der Waals surface area (Å²) in [6.07, 6.45) is 0. The maximum Gasteiger partial charge on any atom is 0.255 e. The van der Waals surface area contributed by atoms with Gasteiger partial charge in [-0.3, -0.25) is 9.59 Å². The van der Waals surface area contributed by atoms with Crippen LogP contribution in [0.3, 0.4) is 0 Å². The Balaban J connectivity index is 0.843. The van der Waals surface area contributed by atoms with Crippen molar-refractivity contribution >= 4 is 23.2 Å². The fourth-order valence-electron chi connectivity index (χ4n) is 11.4. The van der Waals surface area contributed by atoms with Gasteiger partial charge in [-0.1, -0.05) is 229 Å². The van der Waals surface area contributed by atoms with E-state index in [4.69, 9.17) is 0 Å². The number of nitrogens with one attached hydrogen (secondary N) is 2. The van der Waals surface area contributed by atoms with E-state index in [0.29, 0.717) is 33.6 Å². The van der Waals surface area contributed by atoms with Crippen molar-refractivity contribution in [3.63, 3.8) is 0 Å². The van der Waals surface area contributed by atoms with Gasteiger partial charge in [-0.15, -0.1) is 0 Å². The molecule has 1 aliphatic rings. The van der Waals surface area contributed by atoms with Crippen molar-refractivity contribution in [2.45, 2.75) is 5.41 Å². The highest BCUT2D eigenvalue weighted by Crippen LogP contribution is 2.56. The third-order valence-electron chi connectivity index (χ3n) is 15.7. The molecule has 12 aromatic rings. The lowest BCUT2D eigenvalue weighted by molar-refractivity contribution is 0.101. The van der Waals surface area contributed by atoms with Crippen LogP contribution >= 0.6 is 0 Å². The van der Waals surface area contributed by atoms with Crippen LogP contribution in [0, 0.1) is 47.4 Å². The van der Waals surface area contributed by atoms with Crippen molar-refractivity contribution in [3.8, 4) is 92.2 Å². The van der Waals surface area contributed by atoms with Crippen molar-refractivity contribution in [3.05, 3.63) is 369 Å². The van der Waals surface area contributed by atoms with Gasteiger partial charge in [0.05, 0.1) is 16.5 Å². The number of hydrogen-bond donors (Lipinski definition) is 4. The van der Waals surface area contributed by atoms with Gasteiger partial charge >= 0.3 is 0 Å². The minimum Gasteiger partial charge on any atom is -0.507 e. The number of phenolic OH excluding ortho intramolecular Hbond substituents is 2. The molecule has 0 spiro atoms. The third kappa shape index (κ3) is 11.8. The summed E-state index contributed by atoms with van der Waals surface area (Å²) >= 11 is 0. The number of rotatable bonds is 8. The molecule has 0 radical (unpaired) electrons. The molecular weight excluding hydrogens is 1090 g/mol. The lowest BCUT2D eigenvalue weighted by Crippen LogP contribution is -2.28. The number of carbonyl (C=O) groups is 2. The van der Waals surface area contributed by atoms with E-state index in [0.717, 1.165) is 77.9 Å². The number of benzene rings is 12. The normalized spacial score (nSPS) is 11.3. The second kappa shape index (κ2) is 24.9. The molecule has 6 heteroatoms. The van der Waals surface area contributed by atoms with E-state index < -0.39 is 5.41 Å². The van der Waals surface area contributed by atoms with Crippen LogP contribution in [0.5, 0.6) is 11.5 Å². The molecule has 12 aromatic carbocycles. The number of fused-ring (bicyclic) bond motifs is 3. The molecule has 0 heterocycles. The summed E-state index contributed by atoms with van der Waals surface area (Å²) in [5.74, 6) is 25.0. The molecule has 0 aliphatic heterocycles. The maximum atomic E-state index is 13.9. The summed E-state index contributed by atoms with van der Waals surface area (Å²) < 4.78 is 0. The Morgan fingerprint density at radius 1 is 0.292 bits per heavy atom. The summed E-state index contributed by atoms with van der Waals surface area (Å²) in [6.45, 7) is 0. The van der Waals surface area contributed by atoms with Crippen LogP contribution in [0.25, 0.3) is 33.4 Å². The molecule has 6 nitrogen and oxygen atoms in total. The van der Waals surface area contributed by atoms with Crippen molar-refractivity contribution in [2.24, 2.45) is 0 Å². The van der Waals surface area contributed by atoms with Crippen LogP contribution in [0.4, 0.5) is 11.4 Å². The smallest absolute Gasteiger partial charge is 0.255 e. The monoisotopic (exact) mass is 1140 g/mol. The number of anilines is 2. The van der Waals surface area contributed by atoms with Crippen molar-refractivity contribution in [1.82, 2.24) is 0 Å². The van der Waals surface area contributed by atoms with Gasteiger partial charge in [-0.2, -0.15) is 0 Å². The Morgan fingerprint density at radius 3 is 0.978 bits per heavy atom. The molecule has 13 rings (SSSR count). The topological polar surface area (TPSA) is 98.7 Å². The molecule has 0 atom stereocenters. The van der Waals surface area contributed by atoms with Crippen molar-refractivity contribution in [1.29, 1.82) is 0 Å². The Hall–Kier alpha value is -12.6. The lowest BCUT2D eigenvalue weighted by Gasteiger charge is -2.34. The van der Waals surface area contributed by atoms with E-state index in [2.05, 4.69) is 155 Å². The second-order valence-corrected chi connectivity index (χ2v) is 21.4. The highest BCUT2D eigenvalue weighted by Gasteiger charge is 2.46. The molecule has 2 amide bonds. The van der Waals surface area contributed by atoms with E-state index >= 15 is 0 Å². The van der Waals surface area contributed by atoms with Gasteiger partial charge in [-0.25, -0.2) is 0 Å². The average Bonchev–Trinajstić information content (AvgIpc) is 1.56. The summed E-state index contributed by atoms with van der Waals surface area (Å²) in [6, 6.07) is 94.3. The zero-order valence-electron chi connectivity index (χ0n) is 47.9. The quantitative estimate of drug-likeness (QED) is 0.114. The zero-order valence-corrected chi connectivity index (χ0v) is 47.9. The standard InChI is InChI=1S/C83H52N2O4/c86-79-51-41-67(53-65(79)35-31-59-21-9-3-10-22-59)81(88)84-71-47-49-73(63(55-71)33-29-57-17-5-1-6-18-57)61-37-43-69(44-38-61)83(77-27-15-13-25-75(77)76-26-14-16-28-78(76)83)70-45-39-62(40-46-70)74-50-48-72(56-64(74)34-30-58-19-7-2-8-20-58)85-82(89)68-42-52-80(87)66(54-68)36-32-60-23-11-4-12-24-60/h1-28,37-56,86-87H,(H,84,88)(H,85,89). The van der Waals surface area contributed by atoms with Crippen LogP contribution in [0.2, 0.25) is 0 Å². The van der Waals surface area contributed by atoms with Crippen LogP contribution in [-0.4, -0.2) is 22.0 Å². The first-order valence-electron chi connectivity index (χ1n) is 29.0. The summed E-state index contributed by atoms with van der Waals surface area (Å²) in [7, 11) is 0. The Kier molecular flexibility index (Phi) is 15.6. The molecule has 4 N–H and O–H groups in total. The Morgan fingerprint density at radius 2 is 0.618 bits per heavy atom.